The monoisotopic (exact) mass is 401 g/mol. The summed E-state index contributed by atoms with van der Waals surface area (Å²) < 4.78 is 5.54. The van der Waals surface area contributed by atoms with Crippen LogP contribution in [-0.4, -0.2) is 35.0 Å². The zero-order valence-corrected chi connectivity index (χ0v) is 16.0. The number of rotatable bonds is 6. The van der Waals surface area contributed by atoms with Crippen molar-refractivity contribution in [3.63, 3.8) is 0 Å². The smallest absolute Gasteiger partial charge is 0.293 e. The topological polar surface area (TPSA) is 63.7 Å². The van der Waals surface area contributed by atoms with E-state index in [-0.39, 0.29) is 17.2 Å². The lowest BCUT2D eigenvalue weighted by molar-refractivity contribution is -0.122. The van der Waals surface area contributed by atoms with Crippen molar-refractivity contribution in [2.75, 3.05) is 13.2 Å². The lowest BCUT2D eigenvalue weighted by Gasteiger charge is -2.11. The third-order valence-corrected chi connectivity index (χ3v) is 4.97. The molecule has 0 unspecified atom stereocenters. The van der Waals surface area contributed by atoms with Gasteiger partial charge in [-0.05, 0) is 43.0 Å². The SMILES string of the molecule is CCOc1ccc(Cl)cc1/C=C1/SC(=O)N(CC(=O)c2ccccc2)C1=O. The molecule has 138 valence electrons. The van der Waals surface area contributed by atoms with Crippen LogP contribution in [0.3, 0.4) is 0 Å². The molecular weight excluding hydrogens is 386 g/mol. The minimum Gasteiger partial charge on any atom is -0.493 e. The second-order valence-electron chi connectivity index (χ2n) is 5.67. The molecule has 1 aliphatic rings. The molecule has 0 atom stereocenters. The van der Waals surface area contributed by atoms with Gasteiger partial charge in [0, 0.05) is 16.1 Å². The summed E-state index contributed by atoms with van der Waals surface area (Å²) in [7, 11) is 0. The molecule has 2 aromatic rings. The van der Waals surface area contributed by atoms with E-state index < -0.39 is 11.1 Å². The molecule has 0 aliphatic carbocycles. The van der Waals surface area contributed by atoms with Gasteiger partial charge in [-0.1, -0.05) is 41.9 Å². The lowest BCUT2D eigenvalue weighted by atomic mass is 10.1. The molecule has 0 radical (unpaired) electrons. The maximum Gasteiger partial charge on any atom is 0.293 e. The highest BCUT2D eigenvalue weighted by Gasteiger charge is 2.36. The quantitative estimate of drug-likeness (QED) is 0.520. The van der Waals surface area contributed by atoms with Crippen molar-refractivity contribution in [1.82, 2.24) is 4.90 Å². The third-order valence-electron chi connectivity index (χ3n) is 3.83. The minimum atomic E-state index is -0.503. The third kappa shape index (κ3) is 4.40. The maximum absolute atomic E-state index is 12.6. The van der Waals surface area contributed by atoms with Gasteiger partial charge in [0.1, 0.15) is 5.75 Å². The van der Waals surface area contributed by atoms with E-state index in [1.165, 1.54) is 0 Å². The Morgan fingerprint density at radius 1 is 1.19 bits per heavy atom. The van der Waals surface area contributed by atoms with Gasteiger partial charge in [0.05, 0.1) is 18.1 Å². The second kappa shape index (κ2) is 8.41. The number of carbonyl (C=O) groups excluding carboxylic acids is 3. The van der Waals surface area contributed by atoms with Crippen LogP contribution in [0.5, 0.6) is 5.75 Å². The standard InChI is InChI=1S/C20H16ClNO4S/c1-2-26-17-9-8-15(21)10-14(17)11-18-19(24)22(20(25)27-18)12-16(23)13-6-4-3-5-7-13/h3-11H,2,12H2,1H3/b18-11+. The summed E-state index contributed by atoms with van der Waals surface area (Å²) in [5.41, 5.74) is 1.05. The van der Waals surface area contributed by atoms with E-state index in [1.807, 2.05) is 6.92 Å². The Bertz CT molecular complexity index is 927. The number of Topliss-reactive ketones (excluding diaryl/α,β-unsaturated/α-hetero) is 1. The summed E-state index contributed by atoms with van der Waals surface area (Å²) in [5.74, 6) is -0.234. The van der Waals surface area contributed by atoms with Crippen LogP contribution in [0.15, 0.2) is 53.4 Å². The number of thioether (sulfide) groups is 1. The fraction of sp³-hybridized carbons (Fsp3) is 0.150. The number of ketones is 1. The van der Waals surface area contributed by atoms with Crippen LogP contribution in [0.4, 0.5) is 4.79 Å². The molecule has 0 aromatic heterocycles. The molecule has 0 saturated carbocycles. The Balaban J connectivity index is 1.83. The molecule has 1 fully saturated rings. The summed E-state index contributed by atoms with van der Waals surface area (Å²) in [6.07, 6.45) is 1.56. The van der Waals surface area contributed by atoms with Crippen molar-refractivity contribution in [3.05, 3.63) is 69.6 Å². The Kier molecular flexibility index (Phi) is 5.98. The van der Waals surface area contributed by atoms with E-state index in [9.17, 15) is 14.4 Å². The van der Waals surface area contributed by atoms with E-state index in [0.717, 1.165) is 16.7 Å². The zero-order valence-electron chi connectivity index (χ0n) is 14.5. The van der Waals surface area contributed by atoms with E-state index in [0.29, 0.717) is 28.5 Å². The number of amides is 2. The Morgan fingerprint density at radius 3 is 2.63 bits per heavy atom. The van der Waals surface area contributed by atoms with E-state index in [4.69, 9.17) is 16.3 Å². The van der Waals surface area contributed by atoms with Crippen molar-refractivity contribution >= 4 is 46.4 Å². The highest BCUT2D eigenvalue weighted by atomic mass is 35.5. The molecule has 7 heteroatoms. The number of carbonyl (C=O) groups is 3. The van der Waals surface area contributed by atoms with Gasteiger partial charge < -0.3 is 4.74 Å². The van der Waals surface area contributed by atoms with E-state index in [1.54, 1.807) is 54.6 Å². The molecule has 1 aliphatic heterocycles. The van der Waals surface area contributed by atoms with Crippen molar-refractivity contribution in [2.45, 2.75) is 6.92 Å². The number of imide groups is 1. The number of hydrogen-bond acceptors (Lipinski definition) is 5. The van der Waals surface area contributed by atoms with Gasteiger partial charge in [-0.25, -0.2) is 0 Å². The molecule has 27 heavy (non-hydrogen) atoms. The van der Waals surface area contributed by atoms with Gasteiger partial charge in [0.25, 0.3) is 11.1 Å². The fourth-order valence-corrected chi connectivity index (χ4v) is 3.57. The number of hydrogen-bond donors (Lipinski definition) is 0. The molecule has 0 bridgehead atoms. The molecule has 2 amide bonds. The number of benzene rings is 2. The van der Waals surface area contributed by atoms with Gasteiger partial charge in [-0.15, -0.1) is 0 Å². The van der Waals surface area contributed by atoms with Crippen molar-refractivity contribution in [2.24, 2.45) is 0 Å². The molecule has 3 rings (SSSR count). The van der Waals surface area contributed by atoms with E-state index in [2.05, 4.69) is 0 Å². The van der Waals surface area contributed by atoms with Crippen LogP contribution in [0.2, 0.25) is 5.02 Å². The van der Waals surface area contributed by atoms with Crippen LogP contribution < -0.4 is 4.74 Å². The predicted octanol–water partition coefficient (Wildman–Crippen LogP) is 4.66. The molecule has 1 saturated heterocycles. The van der Waals surface area contributed by atoms with Crippen LogP contribution in [-0.2, 0) is 4.79 Å². The van der Waals surface area contributed by atoms with Gasteiger partial charge in [-0.2, -0.15) is 0 Å². The van der Waals surface area contributed by atoms with Gasteiger partial charge in [0.15, 0.2) is 5.78 Å². The normalized spacial score (nSPS) is 15.5. The van der Waals surface area contributed by atoms with Gasteiger partial charge in [0.2, 0.25) is 0 Å². The molecule has 0 N–H and O–H groups in total. The first-order valence-electron chi connectivity index (χ1n) is 8.25. The summed E-state index contributed by atoms with van der Waals surface area (Å²) in [5, 5.41) is 0.0127. The number of nitrogens with zero attached hydrogens (tertiary/aromatic N) is 1. The maximum atomic E-state index is 12.6. The van der Waals surface area contributed by atoms with Crippen LogP contribution in [0, 0.1) is 0 Å². The average Bonchev–Trinajstić information content (AvgIpc) is 2.92. The highest BCUT2D eigenvalue weighted by Crippen LogP contribution is 2.34. The Labute approximate surface area is 165 Å². The van der Waals surface area contributed by atoms with Crippen LogP contribution in [0.25, 0.3) is 6.08 Å². The summed E-state index contributed by atoms with van der Waals surface area (Å²) in [4.78, 5) is 38.4. The Hall–Kier alpha value is -2.57. The first kappa shape index (κ1) is 19.2. The molecule has 2 aromatic carbocycles. The minimum absolute atomic E-state index is 0.226. The Morgan fingerprint density at radius 2 is 1.93 bits per heavy atom. The summed E-state index contributed by atoms with van der Waals surface area (Å²) in [6.45, 7) is 2.01. The molecule has 1 heterocycles. The van der Waals surface area contributed by atoms with Crippen LogP contribution in [0.1, 0.15) is 22.8 Å². The van der Waals surface area contributed by atoms with Crippen molar-refractivity contribution in [3.8, 4) is 5.75 Å². The average molecular weight is 402 g/mol. The highest BCUT2D eigenvalue weighted by molar-refractivity contribution is 8.18. The molecule has 0 spiro atoms. The second-order valence-corrected chi connectivity index (χ2v) is 7.10. The molecule has 5 nitrogen and oxygen atoms in total. The number of halogens is 1. The first-order chi connectivity index (χ1) is 13.0. The molecular formula is C20H16ClNO4S. The van der Waals surface area contributed by atoms with Crippen molar-refractivity contribution < 1.29 is 19.1 Å². The summed E-state index contributed by atoms with van der Waals surface area (Å²) >= 11 is 6.83. The van der Waals surface area contributed by atoms with Gasteiger partial charge >= 0.3 is 0 Å². The van der Waals surface area contributed by atoms with Crippen molar-refractivity contribution in [1.29, 1.82) is 0 Å². The summed E-state index contributed by atoms with van der Waals surface area (Å²) in [6, 6.07) is 13.6. The lowest BCUT2D eigenvalue weighted by Crippen LogP contribution is -2.33. The number of ether oxygens (including phenoxy) is 1. The first-order valence-corrected chi connectivity index (χ1v) is 9.45. The van der Waals surface area contributed by atoms with Crippen LogP contribution >= 0.6 is 23.4 Å². The fourth-order valence-electron chi connectivity index (χ4n) is 2.56. The predicted molar refractivity (Wildman–Crippen MR) is 106 cm³/mol. The zero-order chi connectivity index (χ0) is 19.4. The van der Waals surface area contributed by atoms with Gasteiger partial charge in [-0.3, -0.25) is 19.3 Å². The largest absolute Gasteiger partial charge is 0.493 e. The van der Waals surface area contributed by atoms with E-state index >= 15 is 0 Å².